The summed E-state index contributed by atoms with van der Waals surface area (Å²) in [5, 5.41) is 12.6. The molecule has 0 unspecified atom stereocenters. The van der Waals surface area contributed by atoms with Crippen LogP contribution in [0.2, 0.25) is 0 Å². The lowest BCUT2D eigenvalue weighted by Gasteiger charge is -2.06. The quantitative estimate of drug-likeness (QED) is 0.608. The molecule has 0 spiro atoms. The fourth-order valence-electron chi connectivity index (χ4n) is 2.49. The van der Waals surface area contributed by atoms with Crippen LogP contribution in [0.1, 0.15) is 19.0 Å². The molecule has 0 aliphatic carbocycles. The van der Waals surface area contributed by atoms with Crippen LogP contribution in [0.4, 0.5) is 0 Å². The Bertz CT molecular complexity index is 758. The van der Waals surface area contributed by atoms with Crippen LogP contribution in [0, 0.1) is 0 Å². The number of ether oxygens (including phenoxy) is 1. The van der Waals surface area contributed by atoms with Gasteiger partial charge in [-0.3, -0.25) is 0 Å². The number of rotatable bonds is 9. The molecule has 0 fully saturated rings. The van der Waals surface area contributed by atoms with E-state index in [0.29, 0.717) is 25.6 Å². The van der Waals surface area contributed by atoms with Gasteiger partial charge in [-0.15, -0.1) is 0 Å². The van der Waals surface area contributed by atoms with E-state index >= 15 is 0 Å². The average Bonchev–Trinajstić information content (AvgIpc) is 3.06. The Morgan fingerprint density at radius 2 is 1.88 bits per heavy atom. The minimum Gasteiger partial charge on any atom is -0.476 e. The van der Waals surface area contributed by atoms with Gasteiger partial charge in [-0.25, -0.2) is 4.98 Å². The van der Waals surface area contributed by atoms with Crippen molar-refractivity contribution in [2.45, 2.75) is 26.4 Å². The summed E-state index contributed by atoms with van der Waals surface area (Å²) in [4.78, 5) is 5.92. The topological polar surface area (TPSA) is 64.9 Å². The van der Waals surface area contributed by atoms with Gasteiger partial charge in [0.15, 0.2) is 0 Å². The van der Waals surface area contributed by atoms with Crippen molar-refractivity contribution in [1.82, 2.24) is 25.3 Å². The van der Waals surface area contributed by atoms with Crippen molar-refractivity contribution in [2.24, 2.45) is 0 Å². The smallest absolute Gasteiger partial charge is 0.213 e. The Morgan fingerprint density at radius 1 is 1.04 bits per heavy atom. The molecular weight excluding hydrogens is 314 g/mol. The van der Waals surface area contributed by atoms with Crippen molar-refractivity contribution in [3.63, 3.8) is 0 Å². The van der Waals surface area contributed by atoms with E-state index in [1.165, 1.54) is 0 Å². The van der Waals surface area contributed by atoms with Crippen molar-refractivity contribution in [1.29, 1.82) is 0 Å². The van der Waals surface area contributed by atoms with Crippen molar-refractivity contribution in [3.05, 3.63) is 60.4 Å². The van der Waals surface area contributed by atoms with Gasteiger partial charge in [0.05, 0.1) is 6.54 Å². The Kier molecular flexibility index (Phi) is 6.11. The van der Waals surface area contributed by atoms with Gasteiger partial charge in [0.25, 0.3) is 0 Å². The maximum absolute atomic E-state index is 5.59. The van der Waals surface area contributed by atoms with Crippen LogP contribution in [-0.4, -0.2) is 33.1 Å². The Hall–Kier alpha value is -2.73. The number of aromatic nitrogens is 4. The van der Waals surface area contributed by atoms with Crippen LogP contribution >= 0.6 is 0 Å². The summed E-state index contributed by atoms with van der Waals surface area (Å²) in [5.74, 6) is 0.642. The normalized spacial score (nSPS) is 10.8. The summed E-state index contributed by atoms with van der Waals surface area (Å²) in [7, 11) is 0. The molecule has 0 saturated carbocycles. The molecule has 6 heteroatoms. The molecule has 2 heterocycles. The summed E-state index contributed by atoms with van der Waals surface area (Å²) >= 11 is 0. The van der Waals surface area contributed by atoms with Crippen LogP contribution < -0.4 is 10.1 Å². The minimum atomic E-state index is 0.556. The number of nitrogens with one attached hydrogen (secondary N) is 1. The van der Waals surface area contributed by atoms with Gasteiger partial charge in [0.2, 0.25) is 5.88 Å². The first-order chi connectivity index (χ1) is 12.4. The molecular formula is C19H23N5O. The van der Waals surface area contributed by atoms with E-state index in [1.807, 2.05) is 36.4 Å². The van der Waals surface area contributed by atoms with E-state index in [2.05, 4.69) is 39.6 Å². The van der Waals surface area contributed by atoms with E-state index in [-0.39, 0.29) is 0 Å². The van der Waals surface area contributed by atoms with Gasteiger partial charge in [-0.2, -0.15) is 15.0 Å². The fraction of sp³-hybridized carbons (Fsp3) is 0.316. The number of hydrogen-bond acceptors (Lipinski definition) is 5. The maximum Gasteiger partial charge on any atom is 0.213 e. The first kappa shape index (κ1) is 17.1. The molecule has 1 N–H and O–H groups in total. The molecule has 0 aliphatic rings. The highest BCUT2D eigenvalue weighted by Crippen LogP contribution is 2.19. The lowest BCUT2D eigenvalue weighted by atomic mass is 10.1. The number of hydrogen-bond donors (Lipinski definition) is 1. The number of pyridine rings is 1. The maximum atomic E-state index is 5.59. The molecule has 6 nitrogen and oxygen atoms in total. The highest BCUT2D eigenvalue weighted by molar-refractivity contribution is 5.60. The molecule has 0 saturated heterocycles. The zero-order valence-corrected chi connectivity index (χ0v) is 14.4. The van der Waals surface area contributed by atoms with Crippen LogP contribution in [0.5, 0.6) is 5.88 Å². The molecule has 0 bridgehead atoms. The van der Waals surface area contributed by atoms with Gasteiger partial charge in [0.1, 0.15) is 18.0 Å². The van der Waals surface area contributed by atoms with E-state index in [0.717, 1.165) is 29.9 Å². The third-order valence-electron chi connectivity index (χ3n) is 3.65. The Balaban J connectivity index is 1.57. The van der Waals surface area contributed by atoms with Gasteiger partial charge >= 0.3 is 0 Å². The van der Waals surface area contributed by atoms with E-state index in [4.69, 9.17) is 4.74 Å². The SMILES string of the molecule is CCCn1nc(CNCCOc2ccccn2)c(-c2ccccc2)n1. The highest BCUT2D eigenvalue weighted by atomic mass is 16.5. The van der Waals surface area contributed by atoms with Gasteiger partial charge in [-0.1, -0.05) is 43.3 Å². The molecule has 3 rings (SSSR count). The number of aryl methyl sites for hydroxylation is 1. The Morgan fingerprint density at radius 3 is 2.64 bits per heavy atom. The predicted octanol–water partition coefficient (Wildman–Crippen LogP) is 2.92. The number of benzene rings is 1. The summed E-state index contributed by atoms with van der Waals surface area (Å²) in [6.07, 6.45) is 2.73. The van der Waals surface area contributed by atoms with Crippen LogP contribution in [0.15, 0.2) is 54.7 Å². The lowest BCUT2D eigenvalue weighted by molar-refractivity contribution is 0.302. The second-order valence-electron chi connectivity index (χ2n) is 5.65. The van der Waals surface area contributed by atoms with E-state index < -0.39 is 0 Å². The van der Waals surface area contributed by atoms with Crippen molar-refractivity contribution in [2.75, 3.05) is 13.2 Å². The van der Waals surface area contributed by atoms with E-state index in [1.54, 1.807) is 11.0 Å². The average molecular weight is 337 g/mol. The third-order valence-corrected chi connectivity index (χ3v) is 3.65. The summed E-state index contributed by atoms with van der Waals surface area (Å²) in [6, 6.07) is 15.8. The molecule has 0 atom stereocenters. The standard InChI is InChI=1S/C19H23N5O/c1-2-13-24-22-17(19(23-24)16-8-4-3-5-9-16)15-20-12-14-25-18-10-6-7-11-21-18/h3-11,20H,2,12-15H2,1H3. The third kappa shape index (κ3) is 4.87. The molecule has 0 radical (unpaired) electrons. The molecule has 1 aromatic carbocycles. The molecule has 25 heavy (non-hydrogen) atoms. The van der Waals surface area contributed by atoms with Crippen LogP contribution in [0.25, 0.3) is 11.3 Å². The monoisotopic (exact) mass is 337 g/mol. The van der Waals surface area contributed by atoms with Crippen molar-refractivity contribution in [3.8, 4) is 17.1 Å². The van der Waals surface area contributed by atoms with Crippen molar-refractivity contribution >= 4 is 0 Å². The van der Waals surface area contributed by atoms with E-state index in [9.17, 15) is 0 Å². The predicted molar refractivity (Wildman–Crippen MR) is 97.2 cm³/mol. The van der Waals surface area contributed by atoms with Gasteiger partial charge in [0, 0.05) is 30.9 Å². The minimum absolute atomic E-state index is 0.556. The molecule has 2 aromatic heterocycles. The van der Waals surface area contributed by atoms with Crippen LogP contribution in [-0.2, 0) is 13.1 Å². The summed E-state index contributed by atoms with van der Waals surface area (Å²) < 4.78 is 5.59. The first-order valence-electron chi connectivity index (χ1n) is 8.61. The fourth-order valence-corrected chi connectivity index (χ4v) is 2.49. The van der Waals surface area contributed by atoms with Gasteiger partial charge < -0.3 is 10.1 Å². The molecule has 130 valence electrons. The largest absolute Gasteiger partial charge is 0.476 e. The molecule has 3 aromatic rings. The summed E-state index contributed by atoms with van der Waals surface area (Å²) in [5.41, 5.74) is 2.98. The van der Waals surface area contributed by atoms with Crippen molar-refractivity contribution < 1.29 is 4.74 Å². The molecule has 0 aliphatic heterocycles. The van der Waals surface area contributed by atoms with Gasteiger partial charge in [-0.05, 0) is 12.5 Å². The molecule has 0 amide bonds. The lowest BCUT2D eigenvalue weighted by Crippen LogP contribution is -2.21. The summed E-state index contributed by atoms with van der Waals surface area (Å²) in [6.45, 7) is 4.87. The number of nitrogens with zero attached hydrogens (tertiary/aromatic N) is 4. The zero-order chi connectivity index (χ0) is 17.3. The second-order valence-corrected chi connectivity index (χ2v) is 5.65. The van der Waals surface area contributed by atoms with Crippen LogP contribution in [0.3, 0.4) is 0 Å². The first-order valence-corrected chi connectivity index (χ1v) is 8.61. The second kappa shape index (κ2) is 8.94. The highest BCUT2D eigenvalue weighted by Gasteiger charge is 2.12. The zero-order valence-electron chi connectivity index (χ0n) is 14.4. The Labute approximate surface area is 147 Å².